The number of amides is 1. The third-order valence-corrected chi connectivity index (χ3v) is 5.71. The van der Waals surface area contributed by atoms with Gasteiger partial charge >= 0.3 is 0 Å². The molecule has 4 rings (SSSR count). The van der Waals surface area contributed by atoms with E-state index in [-0.39, 0.29) is 29.7 Å². The average Bonchev–Trinajstić information content (AvgIpc) is 3.36. The summed E-state index contributed by atoms with van der Waals surface area (Å²) >= 11 is 0. The SMILES string of the molecule is Cc1ccc(/C(O)=C2/C(=O)C(=O)N(CC3CCCO3)C2c2ccc([N+](=O)[O-])cc2)cc1. The molecular weight excluding hydrogens is 400 g/mol. The van der Waals surface area contributed by atoms with Crippen LogP contribution in [0.1, 0.15) is 35.6 Å². The predicted molar refractivity (Wildman–Crippen MR) is 112 cm³/mol. The van der Waals surface area contributed by atoms with E-state index < -0.39 is 22.7 Å². The topological polar surface area (TPSA) is 110 Å². The Labute approximate surface area is 178 Å². The van der Waals surface area contributed by atoms with Gasteiger partial charge in [0.1, 0.15) is 5.76 Å². The number of hydrogen-bond acceptors (Lipinski definition) is 6. The summed E-state index contributed by atoms with van der Waals surface area (Å²) in [5.41, 5.74) is 1.80. The number of carbonyl (C=O) groups is 2. The molecule has 2 saturated heterocycles. The minimum absolute atomic E-state index is 0.0271. The Morgan fingerprint density at radius 2 is 1.84 bits per heavy atom. The lowest BCUT2D eigenvalue weighted by Gasteiger charge is -2.27. The number of Topliss-reactive ketones (excluding diaryl/α,β-unsaturated/α-hetero) is 1. The van der Waals surface area contributed by atoms with Crippen molar-refractivity contribution < 1.29 is 24.4 Å². The Kier molecular flexibility index (Phi) is 5.56. The summed E-state index contributed by atoms with van der Waals surface area (Å²) in [5, 5.41) is 22.0. The summed E-state index contributed by atoms with van der Waals surface area (Å²) < 4.78 is 5.65. The second kappa shape index (κ2) is 8.31. The highest BCUT2D eigenvalue weighted by atomic mass is 16.6. The zero-order valence-electron chi connectivity index (χ0n) is 17.0. The fourth-order valence-electron chi connectivity index (χ4n) is 4.07. The number of nitro benzene ring substituents is 1. The highest BCUT2D eigenvalue weighted by molar-refractivity contribution is 6.46. The van der Waals surface area contributed by atoms with Crippen molar-refractivity contribution >= 4 is 23.1 Å². The van der Waals surface area contributed by atoms with Crippen LogP contribution in [-0.4, -0.2) is 45.9 Å². The highest BCUT2D eigenvalue weighted by Crippen LogP contribution is 2.40. The van der Waals surface area contributed by atoms with Gasteiger partial charge in [0.2, 0.25) is 0 Å². The van der Waals surface area contributed by atoms with Crippen molar-refractivity contribution in [3.8, 4) is 0 Å². The van der Waals surface area contributed by atoms with Gasteiger partial charge in [-0.2, -0.15) is 0 Å². The molecule has 0 aliphatic carbocycles. The zero-order valence-corrected chi connectivity index (χ0v) is 17.0. The van der Waals surface area contributed by atoms with Gasteiger partial charge in [-0.25, -0.2) is 0 Å². The first kappa shape index (κ1) is 20.7. The molecule has 1 amide bonds. The fourth-order valence-corrected chi connectivity index (χ4v) is 4.07. The van der Waals surface area contributed by atoms with Crippen LogP contribution < -0.4 is 0 Å². The number of aryl methyl sites for hydroxylation is 1. The largest absolute Gasteiger partial charge is 0.507 e. The van der Waals surface area contributed by atoms with Crippen molar-refractivity contribution in [2.45, 2.75) is 31.9 Å². The number of nitro groups is 1. The Morgan fingerprint density at radius 1 is 1.16 bits per heavy atom. The lowest BCUT2D eigenvalue weighted by atomic mass is 9.94. The number of nitrogens with zero attached hydrogens (tertiary/aromatic N) is 2. The maximum atomic E-state index is 13.0. The smallest absolute Gasteiger partial charge is 0.295 e. The first-order valence-corrected chi connectivity index (χ1v) is 10.1. The van der Waals surface area contributed by atoms with Crippen molar-refractivity contribution in [3.05, 3.63) is 80.9 Å². The summed E-state index contributed by atoms with van der Waals surface area (Å²) in [7, 11) is 0. The molecule has 2 aliphatic rings. The molecular formula is C23H22N2O6. The molecule has 8 heteroatoms. The molecule has 2 aliphatic heterocycles. The standard InChI is InChI=1S/C23H22N2O6/c1-14-4-6-16(7-5-14)21(26)19-20(15-8-10-17(11-9-15)25(29)30)24(23(28)22(19)27)13-18-3-2-12-31-18/h4-11,18,20,26H,2-3,12-13H2,1H3/b21-19-. The summed E-state index contributed by atoms with van der Waals surface area (Å²) in [6.45, 7) is 2.71. The molecule has 160 valence electrons. The van der Waals surface area contributed by atoms with Crippen LogP contribution in [0.5, 0.6) is 0 Å². The molecule has 0 spiro atoms. The number of aliphatic hydroxyl groups excluding tert-OH is 1. The number of non-ortho nitro benzene ring substituents is 1. The second-order valence-electron chi connectivity index (χ2n) is 7.80. The summed E-state index contributed by atoms with van der Waals surface area (Å²) in [5.74, 6) is -1.76. The van der Waals surface area contributed by atoms with E-state index in [0.717, 1.165) is 18.4 Å². The van der Waals surface area contributed by atoms with Gasteiger partial charge in [0.15, 0.2) is 0 Å². The number of aliphatic hydroxyl groups is 1. The van der Waals surface area contributed by atoms with Gasteiger partial charge in [0.05, 0.1) is 22.6 Å². The minimum atomic E-state index is -0.855. The molecule has 0 bridgehead atoms. The van der Waals surface area contributed by atoms with E-state index in [2.05, 4.69) is 0 Å². The van der Waals surface area contributed by atoms with E-state index in [1.807, 2.05) is 6.92 Å². The molecule has 1 N–H and O–H groups in total. The Morgan fingerprint density at radius 3 is 2.42 bits per heavy atom. The van der Waals surface area contributed by atoms with Gasteiger partial charge in [-0.3, -0.25) is 19.7 Å². The van der Waals surface area contributed by atoms with Crippen LogP contribution >= 0.6 is 0 Å². The summed E-state index contributed by atoms with van der Waals surface area (Å²) in [6.07, 6.45) is 1.45. The van der Waals surface area contributed by atoms with E-state index >= 15 is 0 Å². The predicted octanol–water partition coefficient (Wildman–Crippen LogP) is 3.50. The lowest BCUT2D eigenvalue weighted by Crippen LogP contribution is -2.36. The van der Waals surface area contributed by atoms with Crippen molar-refractivity contribution in [3.63, 3.8) is 0 Å². The van der Waals surface area contributed by atoms with E-state index in [1.165, 1.54) is 29.2 Å². The van der Waals surface area contributed by atoms with E-state index in [4.69, 9.17) is 4.74 Å². The first-order chi connectivity index (χ1) is 14.9. The number of carbonyl (C=O) groups excluding carboxylic acids is 2. The molecule has 2 aromatic rings. The number of hydrogen-bond donors (Lipinski definition) is 1. The third-order valence-electron chi connectivity index (χ3n) is 5.71. The minimum Gasteiger partial charge on any atom is -0.507 e. The van der Waals surface area contributed by atoms with Crippen molar-refractivity contribution in [2.75, 3.05) is 13.2 Å². The van der Waals surface area contributed by atoms with Crippen LogP contribution in [0.25, 0.3) is 5.76 Å². The number of ether oxygens (including phenoxy) is 1. The van der Waals surface area contributed by atoms with Crippen LogP contribution in [-0.2, 0) is 14.3 Å². The molecule has 2 aromatic carbocycles. The molecule has 2 atom stereocenters. The number of ketones is 1. The highest BCUT2D eigenvalue weighted by Gasteiger charge is 2.47. The number of likely N-dealkylation sites (tertiary alicyclic amines) is 1. The van der Waals surface area contributed by atoms with Crippen LogP contribution in [0.3, 0.4) is 0 Å². The van der Waals surface area contributed by atoms with Gasteiger partial charge in [-0.15, -0.1) is 0 Å². The van der Waals surface area contributed by atoms with E-state index in [0.29, 0.717) is 17.7 Å². The number of rotatable bonds is 5. The van der Waals surface area contributed by atoms with Crippen LogP contribution in [0.15, 0.2) is 54.1 Å². The van der Waals surface area contributed by atoms with Gasteiger partial charge < -0.3 is 14.7 Å². The monoisotopic (exact) mass is 422 g/mol. The van der Waals surface area contributed by atoms with Crippen LogP contribution in [0.4, 0.5) is 5.69 Å². The maximum Gasteiger partial charge on any atom is 0.295 e. The third kappa shape index (κ3) is 3.94. The lowest BCUT2D eigenvalue weighted by molar-refractivity contribution is -0.384. The van der Waals surface area contributed by atoms with E-state index in [9.17, 15) is 24.8 Å². The van der Waals surface area contributed by atoms with Crippen molar-refractivity contribution in [1.29, 1.82) is 0 Å². The Hall–Kier alpha value is -3.52. The quantitative estimate of drug-likeness (QED) is 0.260. The van der Waals surface area contributed by atoms with Gasteiger partial charge in [-0.1, -0.05) is 29.8 Å². The molecule has 0 radical (unpaired) electrons. The average molecular weight is 422 g/mol. The number of benzene rings is 2. The van der Waals surface area contributed by atoms with Gasteiger partial charge in [0.25, 0.3) is 17.4 Å². The van der Waals surface area contributed by atoms with E-state index in [1.54, 1.807) is 24.3 Å². The molecule has 8 nitrogen and oxygen atoms in total. The second-order valence-corrected chi connectivity index (χ2v) is 7.80. The van der Waals surface area contributed by atoms with Crippen molar-refractivity contribution in [2.24, 2.45) is 0 Å². The molecule has 31 heavy (non-hydrogen) atoms. The molecule has 2 fully saturated rings. The normalized spacial score (nSPS) is 22.8. The van der Waals surface area contributed by atoms with Crippen molar-refractivity contribution in [1.82, 2.24) is 4.90 Å². The summed E-state index contributed by atoms with van der Waals surface area (Å²) in [4.78, 5) is 37.8. The summed E-state index contributed by atoms with van der Waals surface area (Å²) in [6, 6.07) is 11.8. The Balaban J connectivity index is 1.81. The molecule has 0 saturated carbocycles. The molecule has 2 unspecified atom stereocenters. The molecule has 0 aromatic heterocycles. The van der Waals surface area contributed by atoms with Crippen LogP contribution in [0, 0.1) is 17.0 Å². The first-order valence-electron chi connectivity index (χ1n) is 10.1. The van der Waals surface area contributed by atoms with Crippen LogP contribution in [0.2, 0.25) is 0 Å². The van der Waals surface area contributed by atoms with Gasteiger partial charge in [-0.05, 0) is 37.5 Å². The fraction of sp³-hybridized carbons (Fsp3) is 0.304. The maximum absolute atomic E-state index is 13.0. The Bertz CT molecular complexity index is 1050. The zero-order chi connectivity index (χ0) is 22.1. The van der Waals surface area contributed by atoms with Gasteiger partial charge in [0, 0.05) is 30.8 Å². The molecule has 2 heterocycles.